The van der Waals surface area contributed by atoms with Gasteiger partial charge in [0.2, 0.25) is 5.89 Å². The number of thiophene rings is 1. The molecule has 0 aliphatic carbocycles. The van der Waals surface area contributed by atoms with Crippen LogP contribution in [-0.2, 0) is 0 Å². The number of nitrogens with zero attached hydrogens (tertiary/aromatic N) is 2. The first-order valence-electron chi connectivity index (χ1n) is 7.38. The van der Waals surface area contributed by atoms with Crippen LogP contribution in [0.1, 0.15) is 38.6 Å². The molecular weight excluding hydrogens is 326 g/mol. The molecule has 1 N–H and O–H groups in total. The molecule has 0 saturated carbocycles. The fraction of sp³-hybridized carbons (Fsp3) is 0.235. The molecule has 1 aromatic carbocycles. The number of hydrogen-bond donors (Lipinski definition) is 1. The second kappa shape index (κ2) is 6.84. The Hall–Kier alpha value is -2.67. The number of para-hydroxylation sites is 1. The topological polar surface area (TPSA) is 77.2 Å². The fourth-order valence-corrected chi connectivity index (χ4v) is 3.25. The molecule has 3 rings (SSSR count). The smallest absolute Gasteiger partial charge is 0.262 e. The predicted octanol–water partition coefficient (Wildman–Crippen LogP) is 3.28. The van der Waals surface area contributed by atoms with Crippen LogP contribution in [0.4, 0.5) is 0 Å². The van der Waals surface area contributed by atoms with E-state index in [-0.39, 0.29) is 5.91 Å². The van der Waals surface area contributed by atoms with E-state index in [4.69, 9.17) is 9.26 Å². The monoisotopic (exact) mass is 343 g/mol. The molecule has 0 saturated heterocycles. The van der Waals surface area contributed by atoms with Crippen molar-refractivity contribution in [1.29, 1.82) is 0 Å². The highest BCUT2D eigenvalue weighted by Crippen LogP contribution is 2.29. The molecule has 6 nitrogen and oxygen atoms in total. The van der Waals surface area contributed by atoms with Gasteiger partial charge in [-0.15, -0.1) is 11.3 Å². The lowest BCUT2D eigenvalue weighted by Crippen LogP contribution is -2.30. The molecule has 7 heteroatoms. The van der Waals surface area contributed by atoms with Gasteiger partial charge in [-0.3, -0.25) is 4.79 Å². The molecule has 2 heterocycles. The molecular formula is C17H17N3O3S. The van der Waals surface area contributed by atoms with Gasteiger partial charge in [-0.05, 0) is 30.0 Å². The van der Waals surface area contributed by atoms with Crippen LogP contribution < -0.4 is 10.1 Å². The third-order valence-electron chi connectivity index (χ3n) is 3.60. The highest BCUT2D eigenvalue weighted by atomic mass is 32.1. The highest BCUT2D eigenvalue weighted by molar-refractivity contribution is 7.12. The maximum atomic E-state index is 12.7. The van der Waals surface area contributed by atoms with Crippen LogP contribution in [0.2, 0.25) is 0 Å². The van der Waals surface area contributed by atoms with Gasteiger partial charge in [0, 0.05) is 12.5 Å². The molecule has 1 amide bonds. The molecule has 124 valence electrons. The predicted molar refractivity (Wildman–Crippen MR) is 90.4 cm³/mol. The third-order valence-corrected chi connectivity index (χ3v) is 4.61. The van der Waals surface area contributed by atoms with Gasteiger partial charge in [0.25, 0.3) is 5.91 Å². The Kier molecular flexibility index (Phi) is 4.61. The second-order valence-electron chi connectivity index (χ2n) is 5.25. The lowest BCUT2D eigenvalue weighted by atomic mass is 10.0. The van der Waals surface area contributed by atoms with E-state index >= 15 is 0 Å². The van der Waals surface area contributed by atoms with E-state index in [0.29, 0.717) is 22.3 Å². The summed E-state index contributed by atoms with van der Waals surface area (Å²) in [6.45, 7) is 3.61. The van der Waals surface area contributed by atoms with Gasteiger partial charge in [-0.25, -0.2) is 0 Å². The number of aryl methyl sites for hydroxylation is 2. The first kappa shape index (κ1) is 16.2. The Balaban J connectivity index is 2.00. The van der Waals surface area contributed by atoms with Crippen molar-refractivity contribution in [3.8, 4) is 5.75 Å². The van der Waals surface area contributed by atoms with E-state index in [2.05, 4.69) is 15.5 Å². The van der Waals surface area contributed by atoms with Crippen LogP contribution in [0.15, 0.2) is 40.2 Å². The zero-order valence-electron chi connectivity index (χ0n) is 13.6. The van der Waals surface area contributed by atoms with Gasteiger partial charge >= 0.3 is 0 Å². The zero-order chi connectivity index (χ0) is 17.1. The normalized spacial score (nSPS) is 12.0. The molecule has 0 radical (unpaired) electrons. The van der Waals surface area contributed by atoms with E-state index in [0.717, 1.165) is 11.1 Å². The summed E-state index contributed by atoms with van der Waals surface area (Å²) in [6, 6.07) is 8.80. The Morgan fingerprint density at radius 2 is 2.08 bits per heavy atom. The summed E-state index contributed by atoms with van der Waals surface area (Å²) in [4.78, 5) is 17.6. The minimum Gasteiger partial charge on any atom is -0.496 e. The summed E-state index contributed by atoms with van der Waals surface area (Å²) in [5.74, 6) is 1.29. The Morgan fingerprint density at radius 3 is 2.71 bits per heavy atom. The number of rotatable bonds is 5. The molecule has 0 spiro atoms. The second-order valence-corrected chi connectivity index (χ2v) is 6.17. The van der Waals surface area contributed by atoms with Gasteiger partial charge < -0.3 is 14.6 Å². The summed E-state index contributed by atoms with van der Waals surface area (Å²) in [5.41, 5.74) is 1.70. The molecule has 24 heavy (non-hydrogen) atoms. The standard InChI is InChI=1S/C17H17N3O3S/c1-10-8-9-24-15(10)17(21)19-14(16-18-11(2)23-20-16)12-6-4-5-7-13(12)22-3/h4-9,14H,1-3H3,(H,19,21). The minimum absolute atomic E-state index is 0.180. The molecule has 3 aromatic rings. The number of nitrogens with one attached hydrogen (secondary N) is 1. The Bertz CT molecular complexity index is 856. The zero-order valence-corrected chi connectivity index (χ0v) is 14.4. The Labute approximate surface area is 143 Å². The molecule has 2 aromatic heterocycles. The summed E-state index contributed by atoms with van der Waals surface area (Å²) < 4.78 is 10.5. The lowest BCUT2D eigenvalue weighted by molar-refractivity contribution is 0.0944. The fourth-order valence-electron chi connectivity index (χ4n) is 2.42. The largest absolute Gasteiger partial charge is 0.496 e. The van der Waals surface area contributed by atoms with Crippen molar-refractivity contribution in [2.45, 2.75) is 19.9 Å². The number of carbonyl (C=O) groups excluding carboxylic acids is 1. The SMILES string of the molecule is COc1ccccc1C(NC(=O)c1sccc1C)c1noc(C)n1. The van der Waals surface area contributed by atoms with Gasteiger partial charge in [0.1, 0.15) is 11.8 Å². The van der Waals surface area contributed by atoms with Crippen molar-refractivity contribution >= 4 is 17.2 Å². The van der Waals surface area contributed by atoms with E-state index in [9.17, 15) is 4.79 Å². The average molecular weight is 343 g/mol. The maximum absolute atomic E-state index is 12.7. The first-order valence-corrected chi connectivity index (χ1v) is 8.26. The summed E-state index contributed by atoms with van der Waals surface area (Å²) in [5, 5.41) is 8.85. The van der Waals surface area contributed by atoms with Crippen molar-refractivity contribution in [2.75, 3.05) is 7.11 Å². The van der Waals surface area contributed by atoms with Crippen molar-refractivity contribution in [3.63, 3.8) is 0 Å². The first-order chi connectivity index (χ1) is 11.6. The third kappa shape index (κ3) is 3.16. The number of amides is 1. The van der Waals surface area contributed by atoms with Gasteiger partial charge in [0.05, 0.1) is 12.0 Å². The van der Waals surface area contributed by atoms with Crippen LogP contribution >= 0.6 is 11.3 Å². The molecule has 1 unspecified atom stereocenters. The van der Waals surface area contributed by atoms with E-state index in [1.165, 1.54) is 11.3 Å². The summed E-state index contributed by atoms with van der Waals surface area (Å²) >= 11 is 1.40. The van der Waals surface area contributed by atoms with E-state index in [1.54, 1.807) is 14.0 Å². The van der Waals surface area contributed by atoms with Crippen LogP contribution in [0.5, 0.6) is 5.75 Å². The van der Waals surface area contributed by atoms with Crippen LogP contribution in [0.3, 0.4) is 0 Å². The molecule has 0 fully saturated rings. The minimum atomic E-state index is -0.562. The number of hydrogen-bond acceptors (Lipinski definition) is 6. The molecule has 0 bridgehead atoms. The lowest BCUT2D eigenvalue weighted by Gasteiger charge is -2.18. The number of methoxy groups -OCH3 is 1. The number of aromatic nitrogens is 2. The average Bonchev–Trinajstić information content (AvgIpc) is 3.21. The van der Waals surface area contributed by atoms with Crippen LogP contribution in [0.25, 0.3) is 0 Å². The van der Waals surface area contributed by atoms with Gasteiger partial charge in [-0.1, -0.05) is 23.4 Å². The highest BCUT2D eigenvalue weighted by Gasteiger charge is 2.26. The van der Waals surface area contributed by atoms with Crippen LogP contribution in [-0.4, -0.2) is 23.2 Å². The summed E-state index contributed by atoms with van der Waals surface area (Å²) in [6.07, 6.45) is 0. The Morgan fingerprint density at radius 1 is 1.29 bits per heavy atom. The maximum Gasteiger partial charge on any atom is 0.262 e. The van der Waals surface area contributed by atoms with Crippen molar-refractivity contribution < 1.29 is 14.1 Å². The molecule has 1 atom stereocenters. The molecule has 0 aliphatic rings. The quantitative estimate of drug-likeness (QED) is 0.769. The van der Waals surface area contributed by atoms with Crippen molar-refractivity contribution in [2.24, 2.45) is 0 Å². The number of carbonyl (C=O) groups is 1. The number of ether oxygens (including phenoxy) is 1. The number of benzene rings is 1. The van der Waals surface area contributed by atoms with Crippen LogP contribution in [0, 0.1) is 13.8 Å². The molecule has 0 aliphatic heterocycles. The van der Waals surface area contributed by atoms with Crippen molar-refractivity contribution in [3.05, 3.63) is 63.4 Å². The van der Waals surface area contributed by atoms with Crippen molar-refractivity contribution in [1.82, 2.24) is 15.5 Å². The van der Waals surface area contributed by atoms with E-state index < -0.39 is 6.04 Å². The van der Waals surface area contributed by atoms with E-state index in [1.807, 2.05) is 42.6 Å². The van der Waals surface area contributed by atoms with Gasteiger partial charge in [-0.2, -0.15) is 4.98 Å². The summed E-state index contributed by atoms with van der Waals surface area (Å²) in [7, 11) is 1.59. The van der Waals surface area contributed by atoms with Gasteiger partial charge in [0.15, 0.2) is 5.82 Å².